The van der Waals surface area contributed by atoms with Gasteiger partial charge in [0.15, 0.2) is 0 Å². The largest absolute Gasteiger partial charge is 0.376 e. The van der Waals surface area contributed by atoms with Crippen molar-refractivity contribution in [1.82, 2.24) is 10.2 Å². The smallest absolute Gasteiger partial charge is 0.324 e. The van der Waals surface area contributed by atoms with E-state index >= 15 is 0 Å². The first-order valence-electron chi connectivity index (χ1n) is 6.55. The lowest BCUT2D eigenvalue weighted by Crippen LogP contribution is -2.38. The molecule has 20 heavy (non-hydrogen) atoms. The molecular formula is C15H15N3O2. The molecule has 0 aromatic heterocycles. The number of hydrogen-bond donors (Lipinski definition) is 2. The van der Waals surface area contributed by atoms with Crippen LogP contribution in [-0.4, -0.2) is 36.5 Å². The predicted molar refractivity (Wildman–Crippen MR) is 77.5 cm³/mol. The molecule has 3 rings (SSSR count). The highest BCUT2D eigenvalue weighted by Crippen LogP contribution is 2.22. The van der Waals surface area contributed by atoms with Crippen LogP contribution in [0.5, 0.6) is 0 Å². The fraction of sp³-hybridized carbons (Fsp3) is 0.200. The van der Waals surface area contributed by atoms with E-state index in [0.29, 0.717) is 13.1 Å². The highest BCUT2D eigenvalue weighted by molar-refractivity contribution is 5.99. The Morgan fingerprint density at radius 1 is 1.20 bits per heavy atom. The molecule has 0 spiro atoms. The zero-order valence-electron chi connectivity index (χ0n) is 10.9. The molecule has 2 aromatic carbocycles. The van der Waals surface area contributed by atoms with E-state index in [1.54, 1.807) is 0 Å². The number of fused-ring (bicyclic) bond motifs is 1. The van der Waals surface area contributed by atoms with E-state index in [4.69, 9.17) is 0 Å². The fourth-order valence-corrected chi connectivity index (χ4v) is 2.36. The molecule has 1 heterocycles. The minimum Gasteiger partial charge on any atom is -0.376 e. The molecule has 2 N–H and O–H groups in total. The van der Waals surface area contributed by atoms with Gasteiger partial charge in [0.1, 0.15) is 0 Å². The minimum absolute atomic E-state index is 0.113. The Balaban J connectivity index is 1.74. The number of carbonyl (C=O) groups is 2. The highest BCUT2D eigenvalue weighted by Gasteiger charge is 2.25. The maximum atomic E-state index is 12.0. The van der Waals surface area contributed by atoms with Crippen molar-refractivity contribution < 1.29 is 9.59 Å². The lowest BCUT2D eigenvalue weighted by Gasteiger charge is -2.14. The molecule has 0 radical (unpaired) electrons. The van der Waals surface area contributed by atoms with Gasteiger partial charge in [-0.1, -0.05) is 36.4 Å². The average molecular weight is 269 g/mol. The van der Waals surface area contributed by atoms with Crippen LogP contribution in [0.15, 0.2) is 42.5 Å². The van der Waals surface area contributed by atoms with Crippen LogP contribution < -0.4 is 10.6 Å². The van der Waals surface area contributed by atoms with E-state index in [1.807, 2.05) is 42.5 Å². The van der Waals surface area contributed by atoms with Gasteiger partial charge in [-0.15, -0.1) is 0 Å². The van der Waals surface area contributed by atoms with Crippen molar-refractivity contribution in [2.45, 2.75) is 0 Å². The first-order chi connectivity index (χ1) is 9.75. The predicted octanol–water partition coefficient (Wildman–Crippen LogP) is 1.80. The number of amides is 3. The third-order valence-electron chi connectivity index (χ3n) is 3.38. The number of imide groups is 1. The summed E-state index contributed by atoms with van der Waals surface area (Å²) in [6.45, 7) is 1.08. The van der Waals surface area contributed by atoms with Gasteiger partial charge in [-0.25, -0.2) is 4.79 Å². The van der Waals surface area contributed by atoms with Gasteiger partial charge in [0.25, 0.3) is 0 Å². The van der Waals surface area contributed by atoms with Crippen molar-refractivity contribution >= 4 is 28.4 Å². The molecule has 3 amide bonds. The highest BCUT2D eigenvalue weighted by atomic mass is 16.2. The summed E-state index contributed by atoms with van der Waals surface area (Å²) in [7, 11) is 0. The van der Waals surface area contributed by atoms with Crippen LogP contribution in [0.1, 0.15) is 0 Å². The normalized spacial score (nSPS) is 14.4. The molecule has 1 saturated heterocycles. The van der Waals surface area contributed by atoms with Gasteiger partial charge >= 0.3 is 6.03 Å². The summed E-state index contributed by atoms with van der Waals surface area (Å²) >= 11 is 0. The van der Waals surface area contributed by atoms with Gasteiger partial charge < -0.3 is 10.6 Å². The van der Waals surface area contributed by atoms with Crippen molar-refractivity contribution in [3.8, 4) is 0 Å². The van der Waals surface area contributed by atoms with E-state index in [0.717, 1.165) is 16.5 Å². The zero-order chi connectivity index (χ0) is 13.9. The van der Waals surface area contributed by atoms with Crippen LogP contribution in [0.3, 0.4) is 0 Å². The molecule has 0 atom stereocenters. The van der Waals surface area contributed by atoms with E-state index < -0.39 is 0 Å². The van der Waals surface area contributed by atoms with Gasteiger partial charge in [0.2, 0.25) is 5.91 Å². The number of nitrogens with zero attached hydrogens (tertiary/aromatic N) is 1. The van der Waals surface area contributed by atoms with Gasteiger partial charge in [-0.2, -0.15) is 0 Å². The maximum Gasteiger partial charge on any atom is 0.324 e. The number of urea groups is 1. The van der Waals surface area contributed by atoms with Crippen LogP contribution in [0.4, 0.5) is 10.5 Å². The summed E-state index contributed by atoms with van der Waals surface area (Å²) in [6.07, 6.45) is 0. The summed E-state index contributed by atoms with van der Waals surface area (Å²) in [6, 6.07) is 13.6. The second-order valence-electron chi connectivity index (χ2n) is 4.66. The standard InChI is InChI=1S/C15H15N3O2/c19-14(18-9-8-16-15(18)20)10-17-13-7-3-5-11-4-1-2-6-12(11)13/h1-7,17H,8-10H2,(H,16,20). The van der Waals surface area contributed by atoms with E-state index in [1.165, 1.54) is 4.90 Å². The quantitative estimate of drug-likeness (QED) is 0.893. The van der Waals surface area contributed by atoms with Crippen molar-refractivity contribution in [1.29, 1.82) is 0 Å². The summed E-state index contributed by atoms with van der Waals surface area (Å²) < 4.78 is 0. The van der Waals surface area contributed by atoms with Crippen molar-refractivity contribution in [3.05, 3.63) is 42.5 Å². The van der Waals surface area contributed by atoms with Crippen LogP contribution in [0.25, 0.3) is 10.8 Å². The number of hydrogen-bond acceptors (Lipinski definition) is 3. The molecule has 0 bridgehead atoms. The number of carbonyl (C=O) groups excluding carboxylic acids is 2. The number of rotatable bonds is 3. The molecule has 0 saturated carbocycles. The molecule has 1 fully saturated rings. The Labute approximate surface area is 116 Å². The molecule has 0 aliphatic carbocycles. The Morgan fingerprint density at radius 2 is 2.00 bits per heavy atom. The summed E-state index contributed by atoms with van der Waals surface area (Å²) in [5, 5.41) is 7.91. The van der Waals surface area contributed by atoms with Gasteiger partial charge in [-0.3, -0.25) is 9.69 Å². The number of anilines is 1. The molecular weight excluding hydrogens is 254 g/mol. The second kappa shape index (κ2) is 5.21. The first kappa shape index (κ1) is 12.5. The monoisotopic (exact) mass is 269 g/mol. The Kier molecular flexibility index (Phi) is 3.25. The maximum absolute atomic E-state index is 12.0. The third kappa shape index (κ3) is 2.30. The molecule has 1 aliphatic heterocycles. The fourth-order valence-electron chi connectivity index (χ4n) is 2.36. The minimum atomic E-state index is -0.310. The second-order valence-corrected chi connectivity index (χ2v) is 4.66. The lowest BCUT2D eigenvalue weighted by atomic mass is 10.1. The van der Waals surface area contributed by atoms with E-state index in [2.05, 4.69) is 10.6 Å². The molecule has 2 aromatic rings. The average Bonchev–Trinajstić information content (AvgIpc) is 2.91. The Morgan fingerprint density at radius 3 is 2.80 bits per heavy atom. The Hall–Kier alpha value is -2.56. The molecule has 5 nitrogen and oxygen atoms in total. The van der Waals surface area contributed by atoms with Crippen molar-refractivity contribution in [2.75, 3.05) is 25.0 Å². The number of nitrogens with one attached hydrogen (secondary N) is 2. The molecule has 0 unspecified atom stereocenters. The van der Waals surface area contributed by atoms with E-state index in [9.17, 15) is 9.59 Å². The van der Waals surface area contributed by atoms with Crippen molar-refractivity contribution in [2.24, 2.45) is 0 Å². The lowest BCUT2D eigenvalue weighted by molar-refractivity contribution is -0.125. The zero-order valence-corrected chi connectivity index (χ0v) is 10.9. The van der Waals surface area contributed by atoms with Crippen LogP contribution in [0, 0.1) is 0 Å². The third-order valence-corrected chi connectivity index (χ3v) is 3.38. The number of benzene rings is 2. The van der Waals surface area contributed by atoms with Crippen molar-refractivity contribution in [3.63, 3.8) is 0 Å². The Bertz CT molecular complexity index is 664. The molecule has 5 heteroatoms. The van der Waals surface area contributed by atoms with Gasteiger partial charge in [0.05, 0.1) is 6.54 Å². The van der Waals surface area contributed by atoms with Gasteiger partial charge in [-0.05, 0) is 11.5 Å². The topological polar surface area (TPSA) is 61.4 Å². The summed E-state index contributed by atoms with van der Waals surface area (Å²) in [5.74, 6) is -0.215. The van der Waals surface area contributed by atoms with Crippen LogP contribution in [-0.2, 0) is 4.79 Å². The first-order valence-corrected chi connectivity index (χ1v) is 6.55. The summed E-state index contributed by atoms with van der Waals surface area (Å²) in [5.41, 5.74) is 0.899. The molecule has 1 aliphatic rings. The van der Waals surface area contributed by atoms with Crippen LogP contribution >= 0.6 is 0 Å². The van der Waals surface area contributed by atoms with Crippen LogP contribution in [0.2, 0.25) is 0 Å². The van der Waals surface area contributed by atoms with E-state index in [-0.39, 0.29) is 18.5 Å². The van der Waals surface area contributed by atoms with Gasteiger partial charge in [0, 0.05) is 24.2 Å². The summed E-state index contributed by atoms with van der Waals surface area (Å²) in [4.78, 5) is 24.6. The molecule has 102 valence electrons. The SMILES string of the molecule is O=C(CNc1cccc2ccccc12)N1CCNC1=O.